The number of nitrogens with one attached hydrogen (secondary N) is 1. The first-order valence-corrected chi connectivity index (χ1v) is 7.61. The number of hydrogen-bond donors (Lipinski definition) is 1. The summed E-state index contributed by atoms with van der Waals surface area (Å²) in [4.78, 5) is 9.65. The number of pyridine rings is 1. The fourth-order valence-corrected chi connectivity index (χ4v) is 2.65. The van der Waals surface area contributed by atoms with Gasteiger partial charge in [0.1, 0.15) is 5.82 Å². The van der Waals surface area contributed by atoms with E-state index in [0.29, 0.717) is 6.04 Å². The Labute approximate surface area is 123 Å². The predicted molar refractivity (Wildman–Crippen MR) is 85.4 cm³/mol. The predicted octanol–water partition coefficient (Wildman–Crippen LogP) is 1.95. The van der Waals surface area contributed by atoms with E-state index in [1.807, 2.05) is 0 Å². The van der Waals surface area contributed by atoms with Gasteiger partial charge in [-0.3, -0.25) is 0 Å². The molecule has 2 heterocycles. The number of nitrogens with zero attached hydrogens (tertiary/aromatic N) is 3. The fourth-order valence-electron chi connectivity index (χ4n) is 2.65. The summed E-state index contributed by atoms with van der Waals surface area (Å²) in [5.74, 6) is 1.18. The Morgan fingerprint density at radius 2 is 1.85 bits per heavy atom. The zero-order valence-corrected chi connectivity index (χ0v) is 13.5. The second-order valence-electron chi connectivity index (χ2n) is 6.21. The molecule has 0 aliphatic carbocycles. The second kappa shape index (κ2) is 6.55. The number of rotatable bonds is 4. The molecule has 4 nitrogen and oxygen atoms in total. The molecule has 1 aliphatic rings. The summed E-state index contributed by atoms with van der Waals surface area (Å²) < 4.78 is 0. The molecule has 1 N–H and O–H groups in total. The van der Waals surface area contributed by atoms with Gasteiger partial charge >= 0.3 is 0 Å². The van der Waals surface area contributed by atoms with E-state index < -0.39 is 0 Å². The van der Waals surface area contributed by atoms with Gasteiger partial charge in [0.15, 0.2) is 0 Å². The van der Waals surface area contributed by atoms with Gasteiger partial charge in [-0.25, -0.2) is 4.98 Å². The number of hydrogen-bond acceptors (Lipinski definition) is 4. The van der Waals surface area contributed by atoms with Gasteiger partial charge in [0.2, 0.25) is 0 Å². The van der Waals surface area contributed by atoms with E-state index in [-0.39, 0.29) is 0 Å². The largest absolute Gasteiger partial charge is 0.354 e. The van der Waals surface area contributed by atoms with E-state index in [0.717, 1.165) is 38.4 Å². The van der Waals surface area contributed by atoms with Gasteiger partial charge in [-0.2, -0.15) is 0 Å². The molecule has 1 aliphatic heterocycles. The average Bonchev–Trinajstić information content (AvgIpc) is 2.37. The van der Waals surface area contributed by atoms with Gasteiger partial charge in [0.25, 0.3) is 0 Å². The molecule has 1 aromatic rings. The van der Waals surface area contributed by atoms with Crippen LogP contribution in [-0.4, -0.2) is 49.2 Å². The first-order valence-electron chi connectivity index (χ1n) is 7.61. The summed E-state index contributed by atoms with van der Waals surface area (Å²) in [5.41, 5.74) is 3.82. The molecule has 20 heavy (non-hydrogen) atoms. The summed E-state index contributed by atoms with van der Waals surface area (Å²) in [7, 11) is 2.19. The molecule has 0 spiro atoms. The highest BCUT2D eigenvalue weighted by Crippen LogP contribution is 2.23. The van der Waals surface area contributed by atoms with Crippen LogP contribution in [0.5, 0.6) is 0 Å². The van der Waals surface area contributed by atoms with Crippen LogP contribution in [0, 0.1) is 13.8 Å². The Hall–Kier alpha value is -1.13. The van der Waals surface area contributed by atoms with Gasteiger partial charge in [-0.1, -0.05) is 13.8 Å². The molecule has 0 radical (unpaired) electrons. The molecule has 4 heteroatoms. The molecular formula is C16H28N4. The summed E-state index contributed by atoms with van der Waals surface area (Å²) in [6.07, 6.45) is 0. The fraction of sp³-hybridized carbons (Fsp3) is 0.688. The third-order valence-electron chi connectivity index (χ3n) is 3.94. The van der Waals surface area contributed by atoms with Gasteiger partial charge in [-0.05, 0) is 32.5 Å². The van der Waals surface area contributed by atoms with E-state index in [2.05, 4.69) is 55.9 Å². The van der Waals surface area contributed by atoms with Crippen molar-refractivity contribution in [1.82, 2.24) is 15.2 Å². The van der Waals surface area contributed by atoms with Crippen LogP contribution in [0.15, 0.2) is 6.07 Å². The standard InChI is InChI=1S/C16H28N4/c1-12(2)17-11-15-13(3)10-14(4)18-16(15)20-8-6-19(5)7-9-20/h10,12,17H,6-9,11H2,1-5H3. The normalized spacial score (nSPS) is 17.0. The number of likely N-dealkylation sites (N-methyl/N-ethyl adjacent to an activating group) is 1. The number of aromatic nitrogens is 1. The van der Waals surface area contributed by atoms with E-state index in [9.17, 15) is 0 Å². The van der Waals surface area contributed by atoms with Gasteiger partial charge in [0, 0.05) is 50.0 Å². The van der Waals surface area contributed by atoms with Crippen LogP contribution in [0.25, 0.3) is 0 Å². The highest BCUT2D eigenvalue weighted by atomic mass is 15.3. The highest BCUT2D eigenvalue weighted by Gasteiger charge is 2.19. The Morgan fingerprint density at radius 1 is 1.20 bits per heavy atom. The highest BCUT2D eigenvalue weighted by molar-refractivity contribution is 5.52. The van der Waals surface area contributed by atoms with Crippen LogP contribution in [0.1, 0.15) is 30.7 Å². The van der Waals surface area contributed by atoms with E-state index in [1.165, 1.54) is 16.9 Å². The van der Waals surface area contributed by atoms with Crippen molar-refractivity contribution in [3.05, 3.63) is 22.9 Å². The molecule has 1 aromatic heterocycles. The second-order valence-corrected chi connectivity index (χ2v) is 6.21. The van der Waals surface area contributed by atoms with E-state index in [4.69, 9.17) is 4.98 Å². The summed E-state index contributed by atoms with van der Waals surface area (Å²) in [5, 5.41) is 3.53. The molecule has 1 saturated heterocycles. The molecule has 0 bridgehead atoms. The van der Waals surface area contributed by atoms with Crippen LogP contribution in [-0.2, 0) is 6.54 Å². The summed E-state index contributed by atoms with van der Waals surface area (Å²) >= 11 is 0. The maximum atomic E-state index is 4.83. The lowest BCUT2D eigenvalue weighted by Gasteiger charge is -2.35. The molecule has 112 valence electrons. The van der Waals surface area contributed by atoms with Crippen LogP contribution < -0.4 is 10.2 Å². The maximum Gasteiger partial charge on any atom is 0.133 e. The van der Waals surface area contributed by atoms with Crippen LogP contribution in [0.2, 0.25) is 0 Å². The monoisotopic (exact) mass is 276 g/mol. The third-order valence-corrected chi connectivity index (χ3v) is 3.94. The van der Waals surface area contributed by atoms with Gasteiger partial charge in [0.05, 0.1) is 0 Å². The van der Waals surface area contributed by atoms with E-state index in [1.54, 1.807) is 0 Å². The first-order chi connectivity index (χ1) is 9.47. The lowest BCUT2D eigenvalue weighted by molar-refractivity contribution is 0.311. The van der Waals surface area contributed by atoms with Crippen molar-refractivity contribution >= 4 is 5.82 Å². The van der Waals surface area contributed by atoms with Crippen molar-refractivity contribution in [2.24, 2.45) is 0 Å². The summed E-state index contributed by atoms with van der Waals surface area (Å²) in [6.45, 7) is 13.9. The Bertz CT molecular complexity index is 448. The minimum absolute atomic E-state index is 0.496. The maximum absolute atomic E-state index is 4.83. The molecule has 0 atom stereocenters. The third kappa shape index (κ3) is 3.70. The van der Waals surface area contributed by atoms with Crippen molar-refractivity contribution in [1.29, 1.82) is 0 Å². The Morgan fingerprint density at radius 3 is 2.45 bits per heavy atom. The van der Waals surface area contributed by atoms with E-state index >= 15 is 0 Å². The molecule has 0 amide bonds. The van der Waals surface area contributed by atoms with Crippen molar-refractivity contribution < 1.29 is 0 Å². The van der Waals surface area contributed by atoms with Crippen molar-refractivity contribution in [2.75, 3.05) is 38.1 Å². The minimum Gasteiger partial charge on any atom is -0.354 e. The molecule has 2 rings (SSSR count). The number of aryl methyl sites for hydroxylation is 2. The quantitative estimate of drug-likeness (QED) is 0.911. The van der Waals surface area contributed by atoms with Crippen LogP contribution in [0.4, 0.5) is 5.82 Å². The van der Waals surface area contributed by atoms with Gasteiger partial charge < -0.3 is 15.1 Å². The number of anilines is 1. The average molecular weight is 276 g/mol. The molecule has 0 unspecified atom stereocenters. The van der Waals surface area contributed by atoms with Crippen molar-refractivity contribution in [3.8, 4) is 0 Å². The molecule has 0 saturated carbocycles. The lowest BCUT2D eigenvalue weighted by Crippen LogP contribution is -2.45. The Kier molecular flexibility index (Phi) is 5.00. The zero-order chi connectivity index (χ0) is 14.7. The van der Waals surface area contributed by atoms with Crippen molar-refractivity contribution in [3.63, 3.8) is 0 Å². The SMILES string of the molecule is Cc1cc(C)c(CNC(C)C)c(N2CCN(C)CC2)n1. The number of piperazine rings is 1. The molecular weight excluding hydrogens is 248 g/mol. The minimum atomic E-state index is 0.496. The van der Waals surface area contributed by atoms with Crippen LogP contribution >= 0.6 is 0 Å². The smallest absolute Gasteiger partial charge is 0.133 e. The molecule has 1 fully saturated rings. The van der Waals surface area contributed by atoms with Crippen molar-refractivity contribution in [2.45, 2.75) is 40.3 Å². The summed E-state index contributed by atoms with van der Waals surface area (Å²) in [6, 6.07) is 2.69. The Balaban J connectivity index is 2.25. The molecule has 0 aromatic carbocycles. The lowest BCUT2D eigenvalue weighted by atomic mass is 10.1. The topological polar surface area (TPSA) is 31.4 Å². The zero-order valence-electron chi connectivity index (χ0n) is 13.5. The first kappa shape index (κ1) is 15.3. The van der Waals surface area contributed by atoms with Crippen LogP contribution in [0.3, 0.4) is 0 Å². The van der Waals surface area contributed by atoms with Gasteiger partial charge in [-0.15, -0.1) is 0 Å².